The largest absolute Gasteiger partial charge is 0.313 e. The molecule has 1 N–H and O–H groups in total. The van der Waals surface area contributed by atoms with E-state index in [2.05, 4.69) is 74.6 Å². The van der Waals surface area contributed by atoms with Gasteiger partial charge in [-0.05, 0) is 86.8 Å². The van der Waals surface area contributed by atoms with Crippen LogP contribution in [0.15, 0.2) is 37.9 Å². The smallest absolute Gasteiger partial charge is 0.0758 e. The zero-order valence-electron chi connectivity index (χ0n) is 11.3. The van der Waals surface area contributed by atoms with Crippen molar-refractivity contribution < 1.29 is 0 Å². The van der Waals surface area contributed by atoms with Crippen LogP contribution in [0.2, 0.25) is 0 Å². The fraction of sp³-hybridized carbons (Fsp3) is 0.375. The second kappa shape index (κ2) is 6.30. The number of rotatable bonds is 3. The first-order valence-electron chi connectivity index (χ1n) is 6.88. The molecule has 20 heavy (non-hydrogen) atoms. The van der Waals surface area contributed by atoms with Gasteiger partial charge in [-0.15, -0.1) is 11.3 Å². The Hall–Kier alpha value is -0.160. The number of thiophene rings is 1. The summed E-state index contributed by atoms with van der Waals surface area (Å²) in [4.78, 5) is 0. The molecule has 2 aromatic rings. The Morgan fingerprint density at radius 2 is 2.00 bits per heavy atom. The predicted octanol–water partition coefficient (Wildman–Crippen LogP) is 5.34. The minimum Gasteiger partial charge on any atom is -0.313 e. The maximum absolute atomic E-state index is 3.71. The minimum absolute atomic E-state index is 0.417. The number of benzene rings is 1. The Kier molecular flexibility index (Phi) is 4.65. The van der Waals surface area contributed by atoms with Crippen LogP contribution in [0.25, 0.3) is 0 Å². The second-order valence-corrected chi connectivity index (χ2v) is 9.07. The van der Waals surface area contributed by atoms with Crippen molar-refractivity contribution in [1.82, 2.24) is 5.32 Å². The van der Waals surface area contributed by atoms with Gasteiger partial charge in [-0.1, -0.05) is 24.3 Å². The standard InChI is InChI=1S/C16H17Br2NS/c1-19-15(13-9-14(17)20-16(13)18)12-7-6-10-4-2-3-5-11(10)8-12/h2-5,9,12,15,19H,6-8H2,1H3. The van der Waals surface area contributed by atoms with Crippen molar-refractivity contribution in [1.29, 1.82) is 0 Å². The zero-order chi connectivity index (χ0) is 14.1. The number of hydrogen-bond donors (Lipinski definition) is 1. The molecule has 0 fully saturated rings. The molecule has 1 nitrogen and oxygen atoms in total. The summed E-state index contributed by atoms with van der Waals surface area (Å²) in [6.07, 6.45) is 3.62. The second-order valence-electron chi connectivity index (χ2n) is 5.32. The van der Waals surface area contributed by atoms with Gasteiger partial charge in [-0.2, -0.15) is 0 Å². The Morgan fingerprint density at radius 1 is 1.25 bits per heavy atom. The van der Waals surface area contributed by atoms with E-state index < -0.39 is 0 Å². The van der Waals surface area contributed by atoms with Crippen molar-refractivity contribution in [2.75, 3.05) is 7.05 Å². The van der Waals surface area contributed by atoms with Crippen molar-refractivity contribution in [3.05, 3.63) is 54.6 Å². The highest BCUT2D eigenvalue weighted by molar-refractivity contribution is 9.12. The van der Waals surface area contributed by atoms with Gasteiger partial charge in [-0.25, -0.2) is 0 Å². The molecule has 0 spiro atoms. The molecule has 0 saturated carbocycles. The third-order valence-electron chi connectivity index (χ3n) is 4.19. The maximum atomic E-state index is 3.71. The molecule has 0 amide bonds. The summed E-state index contributed by atoms with van der Waals surface area (Å²) in [5.74, 6) is 0.660. The van der Waals surface area contributed by atoms with Crippen LogP contribution in [0.4, 0.5) is 0 Å². The average molecular weight is 415 g/mol. The van der Waals surface area contributed by atoms with Gasteiger partial charge in [-0.3, -0.25) is 0 Å². The van der Waals surface area contributed by atoms with Gasteiger partial charge in [0.25, 0.3) is 0 Å². The molecular formula is C16H17Br2NS. The monoisotopic (exact) mass is 413 g/mol. The van der Waals surface area contributed by atoms with Crippen molar-refractivity contribution >= 4 is 43.2 Å². The van der Waals surface area contributed by atoms with Gasteiger partial charge >= 0.3 is 0 Å². The molecule has 0 aliphatic heterocycles. The lowest BCUT2D eigenvalue weighted by atomic mass is 9.78. The molecule has 2 unspecified atom stereocenters. The third kappa shape index (κ3) is 2.89. The van der Waals surface area contributed by atoms with Crippen LogP contribution >= 0.6 is 43.2 Å². The Balaban J connectivity index is 1.87. The van der Waals surface area contributed by atoms with Gasteiger partial charge in [0.15, 0.2) is 0 Å². The van der Waals surface area contributed by atoms with Crippen LogP contribution < -0.4 is 5.32 Å². The third-order valence-corrected chi connectivity index (χ3v) is 6.57. The number of aryl methyl sites for hydroxylation is 1. The Morgan fingerprint density at radius 3 is 2.65 bits per heavy atom. The topological polar surface area (TPSA) is 12.0 Å². The fourth-order valence-corrected chi connectivity index (χ4v) is 6.15. The molecular weight excluding hydrogens is 398 g/mol. The molecule has 1 heterocycles. The van der Waals surface area contributed by atoms with Crippen molar-refractivity contribution in [2.45, 2.75) is 25.3 Å². The molecule has 2 atom stereocenters. The molecule has 106 valence electrons. The van der Waals surface area contributed by atoms with Gasteiger partial charge < -0.3 is 5.32 Å². The Labute approximate surface area is 141 Å². The van der Waals surface area contributed by atoms with E-state index >= 15 is 0 Å². The first-order valence-corrected chi connectivity index (χ1v) is 9.28. The molecule has 0 bridgehead atoms. The molecule has 4 heteroatoms. The summed E-state index contributed by atoms with van der Waals surface area (Å²) in [6.45, 7) is 0. The minimum atomic E-state index is 0.417. The van der Waals surface area contributed by atoms with Crippen LogP contribution in [-0.4, -0.2) is 7.05 Å². The summed E-state index contributed by atoms with van der Waals surface area (Å²) < 4.78 is 2.43. The van der Waals surface area contributed by atoms with Crippen molar-refractivity contribution in [3.8, 4) is 0 Å². The fourth-order valence-electron chi connectivity index (χ4n) is 3.22. The number of halogens is 2. The van der Waals surface area contributed by atoms with Crippen LogP contribution in [0, 0.1) is 5.92 Å². The first-order chi connectivity index (χ1) is 9.69. The van der Waals surface area contributed by atoms with Gasteiger partial charge in [0.1, 0.15) is 0 Å². The quantitative estimate of drug-likeness (QED) is 0.714. The van der Waals surface area contributed by atoms with E-state index in [1.807, 2.05) is 0 Å². The molecule has 0 saturated heterocycles. The molecule has 1 aliphatic carbocycles. The summed E-state index contributed by atoms with van der Waals surface area (Å²) in [5.41, 5.74) is 4.44. The van der Waals surface area contributed by atoms with Gasteiger partial charge in [0, 0.05) is 6.04 Å². The highest BCUT2D eigenvalue weighted by atomic mass is 79.9. The lowest BCUT2D eigenvalue weighted by molar-refractivity contribution is 0.342. The van der Waals surface area contributed by atoms with E-state index in [-0.39, 0.29) is 0 Å². The van der Waals surface area contributed by atoms with Crippen molar-refractivity contribution in [3.63, 3.8) is 0 Å². The summed E-state index contributed by atoms with van der Waals surface area (Å²) in [7, 11) is 2.07. The highest BCUT2D eigenvalue weighted by Gasteiger charge is 2.28. The van der Waals surface area contributed by atoms with Gasteiger partial charge in [0.05, 0.1) is 7.57 Å². The van der Waals surface area contributed by atoms with E-state index in [9.17, 15) is 0 Å². The van der Waals surface area contributed by atoms with Crippen LogP contribution in [0.5, 0.6) is 0 Å². The number of nitrogens with one attached hydrogen (secondary N) is 1. The normalized spacial score (nSPS) is 19.6. The highest BCUT2D eigenvalue weighted by Crippen LogP contribution is 2.41. The van der Waals surface area contributed by atoms with Crippen LogP contribution in [0.1, 0.15) is 29.2 Å². The van der Waals surface area contributed by atoms with E-state index in [0.717, 1.165) is 0 Å². The van der Waals surface area contributed by atoms with E-state index in [1.165, 1.54) is 43.5 Å². The first kappa shape index (κ1) is 14.8. The van der Waals surface area contributed by atoms with E-state index in [0.29, 0.717) is 12.0 Å². The number of fused-ring (bicyclic) bond motifs is 1. The number of hydrogen-bond acceptors (Lipinski definition) is 2. The zero-order valence-corrected chi connectivity index (χ0v) is 15.3. The van der Waals surface area contributed by atoms with Crippen LogP contribution in [-0.2, 0) is 12.8 Å². The SMILES string of the molecule is CNC(c1cc(Br)sc1Br)C1CCc2ccccc2C1. The molecule has 1 aromatic heterocycles. The lowest BCUT2D eigenvalue weighted by Crippen LogP contribution is -2.29. The average Bonchev–Trinajstić information content (AvgIpc) is 2.78. The molecule has 0 radical (unpaired) electrons. The molecule has 1 aliphatic rings. The van der Waals surface area contributed by atoms with Crippen molar-refractivity contribution in [2.24, 2.45) is 5.92 Å². The lowest BCUT2D eigenvalue weighted by Gasteiger charge is -2.31. The summed E-state index contributed by atoms with van der Waals surface area (Å²) in [6, 6.07) is 11.5. The Bertz CT molecular complexity index is 608. The van der Waals surface area contributed by atoms with Crippen LogP contribution in [0.3, 0.4) is 0 Å². The predicted molar refractivity (Wildman–Crippen MR) is 93.5 cm³/mol. The summed E-state index contributed by atoms with van der Waals surface area (Å²) >= 11 is 9.05. The van der Waals surface area contributed by atoms with E-state index in [4.69, 9.17) is 0 Å². The summed E-state index contributed by atoms with van der Waals surface area (Å²) in [5, 5.41) is 3.53. The van der Waals surface area contributed by atoms with E-state index in [1.54, 1.807) is 11.3 Å². The van der Waals surface area contributed by atoms with Gasteiger partial charge in [0.2, 0.25) is 0 Å². The molecule has 1 aromatic carbocycles. The molecule has 3 rings (SSSR count). The maximum Gasteiger partial charge on any atom is 0.0758 e.